The first-order valence-electron chi connectivity index (χ1n) is 8.07. The van der Waals surface area contributed by atoms with E-state index in [1.807, 2.05) is 0 Å². The average molecular weight is 390 g/mol. The predicted octanol–water partition coefficient (Wildman–Crippen LogP) is 4.26. The zero-order valence-electron chi connectivity index (χ0n) is 13.9. The van der Waals surface area contributed by atoms with Crippen LogP contribution in [0.4, 0.5) is 4.39 Å². The van der Waals surface area contributed by atoms with Crippen LogP contribution < -0.4 is 9.47 Å². The normalized spacial score (nSPS) is 12.7. The summed E-state index contributed by atoms with van der Waals surface area (Å²) in [5, 5.41) is 0.272. The number of fused-ring (bicyclic) bond motifs is 1. The van der Waals surface area contributed by atoms with Gasteiger partial charge in [-0.15, -0.1) is 0 Å². The van der Waals surface area contributed by atoms with E-state index in [1.54, 1.807) is 12.1 Å². The van der Waals surface area contributed by atoms with Crippen molar-refractivity contribution < 1.29 is 27.8 Å². The minimum absolute atomic E-state index is 0.161. The fraction of sp³-hybridized carbons (Fsp3) is 0.158. The van der Waals surface area contributed by atoms with Crippen molar-refractivity contribution in [1.82, 2.24) is 4.98 Å². The minimum atomic E-state index is -0.601. The first-order valence-corrected chi connectivity index (χ1v) is 8.45. The number of benzene rings is 2. The fourth-order valence-electron chi connectivity index (χ4n) is 2.56. The molecule has 0 radical (unpaired) electrons. The first kappa shape index (κ1) is 17.4. The molecule has 4 rings (SSSR count). The molecule has 0 aliphatic carbocycles. The lowest BCUT2D eigenvalue weighted by atomic mass is 10.2. The Morgan fingerprint density at radius 2 is 1.96 bits per heavy atom. The highest BCUT2D eigenvalue weighted by Gasteiger charge is 2.20. The van der Waals surface area contributed by atoms with Crippen molar-refractivity contribution in [2.75, 3.05) is 13.2 Å². The van der Waals surface area contributed by atoms with E-state index in [0.717, 1.165) is 0 Å². The fourth-order valence-corrected chi connectivity index (χ4v) is 2.83. The Labute approximate surface area is 158 Å². The number of ether oxygens (including phenoxy) is 3. The number of hydrogen-bond donors (Lipinski definition) is 0. The molecule has 0 amide bonds. The lowest BCUT2D eigenvalue weighted by molar-refractivity contribution is 0.0438. The second-order valence-corrected chi connectivity index (χ2v) is 6.09. The molecule has 138 valence electrons. The predicted molar refractivity (Wildman–Crippen MR) is 93.5 cm³/mol. The molecular formula is C19H13ClFNO5. The number of aromatic nitrogens is 1. The number of halogens is 2. The molecule has 1 aliphatic heterocycles. The Balaban J connectivity index is 1.44. The Kier molecular flexibility index (Phi) is 4.68. The highest BCUT2D eigenvalue weighted by molar-refractivity contribution is 6.32. The Morgan fingerprint density at radius 1 is 1.19 bits per heavy atom. The molecule has 0 spiro atoms. The number of esters is 1. The van der Waals surface area contributed by atoms with Crippen molar-refractivity contribution in [2.24, 2.45) is 0 Å². The average Bonchev–Trinajstić information content (AvgIpc) is 3.15. The van der Waals surface area contributed by atoms with Crippen molar-refractivity contribution in [3.63, 3.8) is 0 Å². The summed E-state index contributed by atoms with van der Waals surface area (Å²) in [6, 6.07) is 8.76. The third-order valence-electron chi connectivity index (χ3n) is 3.84. The van der Waals surface area contributed by atoms with Crippen LogP contribution >= 0.6 is 11.6 Å². The number of carbonyl (C=O) groups is 1. The molecule has 0 unspecified atom stereocenters. The number of rotatable bonds is 4. The Morgan fingerprint density at radius 3 is 2.78 bits per heavy atom. The molecule has 0 N–H and O–H groups in total. The number of carbonyl (C=O) groups excluding carboxylic acids is 1. The van der Waals surface area contributed by atoms with Crippen molar-refractivity contribution in [2.45, 2.75) is 6.61 Å². The van der Waals surface area contributed by atoms with E-state index in [4.69, 9.17) is 30.2 Å². The van der Waals surface area contributed by atoms with Crippen LogP contribution in [0, 0.1) is 5.82 Å². The second kappa shape index (κ2) is 7.28. The van der Waals surface area contributed by atoms with Crippen LogP contribution in [-0.4, -0.2) is 24.2 Å². The van der Waals surface area contributed by atoms with Crippen LogP contribution in [0.1, 0.15) is 16.2 Å². The summed E-state index contributed by atoms with van der Waals surface area (Å²) in [6.45, 7) is 0.619. The molecule has 8 heteroatoms. The molecule has 6 nitrogen and oxygen atoms in total. The highest BCUT2D eigenvalue weighted by atomic mass is 35.5. The van der Waals surface area contributed by atoms with Crippen molar-refractivity contribution >= 4 is 17.6 Å². The van der Waals surface area contributed by atoms with E-state index >= 15 is 0 Å². The topological polar surface area (TPSA) is 70.8 Å². The van der Waals surface area contributed by atoms with Gasteiger partial charge in [0, 0.05) is 5.56 Å². The summed E-state index contributed by atoms with van der Waals surface area (Å²) < 4.78 is 34.6. The molecule has 0 atom stereocenters. The zero-order chi connectivity index (χ0) is 18.8. The standard InChI is InChI=1S/C19H13ClFNO5/c20-14-7-12(8-15-18(14)25-6-5-24-15)19(23)26-10-17-22-9-16(27-17)11-1-3-13(21)4-2-11/h1-4,7-9H,5-6,10H2. The second-order valence-electron chi connectivity index (χ2n) is 5.68. The molecule has 0 bridgehead atoms. The van der Waals surface area contributed by atoms with Gasteiger partial charge in [0.15, 0.2) is 23.9 Å². The van der Waals surface area contributed by atoms with E-state index in [1.165, 1.54) is 30.5 Å². The summed E-state index contributed by atoms with van der Waals surface area (Å²) >= 11 is 6.12. The van der Waals surface area contributed by atoms with Gasteiger partial charge >= 0.3 is 5.97 Å². The number of hydrogen-bond acceptors (Lipinski definition) is 6. The number of oxazole rings is 1. The van der Waals surface area contributed by atoms with Crippen molar-refractivity contribution in [1.29, 1.82) is 0 Å². The van der Waals surface area contributed by atoms with Gasteiger partial charge in [0.25, 0.3) is 0 Å². The van der Waals surface area contributed by atoms with E-state index in [0.29, 0.717) is 36.0 Å². The van der Waals surface area contributed by atoms with Gasteiger partial charge < -0.3 is 18.6 Å². The van der Waals surface area contributed by atoms with Gasteiger partial charge in [-0.25, -0.2) is 14.2 Å². The van der Waals surface area contributed by atoms with Gasteiger partial charge in [0.1, 0.15) is 19.0 Å². The van der Waals surface area contributed by atoms with Crippen LogP contribution in [0.15, 0.2) is 47.0 Å². The van der Waals surface area contributed by atoms with E-state index in [9.17, 15) is 9.18 Å². The maximum atomic E-state index is 13.0. The third-order valence-corrected chi connectivity index (χ3v) is 4.12. The molecule has 0 saturated heterocycles. The molecule has 1 aromatic heterocycles. The SMILES string of the molecule is O=C(OCc1ncc(-c2ccc(F)cc2)o1)c1cc(Cl)c2c(c1)OCCO2. The van der Waals surface area contributed by atoms with Crippen LogP contribution in [0.3, 0.4) is 0 Å². The van der Waals surface area contributed by atoms with E-state index < -0.39 is 5.97 Å². The van der Waals surface area contributed by atoms with Crippen LogP contribution in [0.2, 0.25) is 5.02 Å². The molecule has 1 aliphatic rings. The zero-order valence-corrected chi connectivity index (χ0v) is 14.7. The Hall–Kier alpha value is -3.06. The molecule has 0 fully saturated rings. The molecule has 2 heterocycles. The van der Waals surface area contributed by atoms with Crippen molar-refractivity contribution in [3.05, 3.63) is 64.9 Å². The van der Waals surface area contributed by atoms with Gasteiger partial charge in [0.2, 0.25) is 5.89 Å². The maximum absolute atomic E-state index is 13.0. The van der Waals surface area contributed by atoms with Crippen LogP contribution in [0.5, 0.6) is 11.5 Å². The quantitative estimate of drug-likeness (QED) is 0.621. The lowest BCUT2D eigenvalue weighted by Crippen LogP contribution is -2.16. The van der Waals surface area contributed by atoms with Gasteiger partial charge in [-0.2, -0.15) is 0 Å². The molecular weight excluding hydrogens is 377 g/mol. The number of nitrogens with zero attached hydrogens (tertiary/aromatic N) is 1. The summed E-state index contributed by atoms with van der Waals surface area (Å²) in [5.74, 6) is 0.530. The summed E-state index contributed by atoms with van der Waals surface area (Å²) in [7, 11) is 0. The molecule has 3 aromatic rings. The summed E-state index contributed by atoms with van der Waals surface area (Å²) in [5.41, 5.74) is 0.898. The smallest absolute Gasteiger partial charge is 0.338 e. The van der Waals surface area contributed by atoms with Crippen LogP contribution in [0.25, 0.3) is 11.3 Å². The first-order chi connectivity index (χ1) is 13.1. The highest BCUT2D eigenvalue weighted by Crippen LogP contribution is 2.38. The van der Waals surface area contributed by atoms with Crippen LogP contribution in [-0.2, 0) is 11.3 Å². The molecule has 0 saturated carbocycles. The summed E-state index contributed by atoms with van der Waals surface area (Å²) in [4.78, 5) is 16.3. The third kappa shape index (κ3) is 3.73. The molecule has 2 aromatic carbocycles. The van der Waals surface area contributed by atoms with E-state index in [2.05, 4.69) is 4.98 Å². The minimum Gasteiger partial charge on any atom is -0.486 e. The molecule has 27 heavy (non-hydrogen) atoms. The van der Waals surface area contributed by atoms with Gasteiger partial charge in [-0.05, 0) is 36.4 Å². The van der Waals surface area contributed by atoms with Gasteiger partial charge in [-0.1, -0.05) is 11.6 Å². The van der Waals surface area contributed by atoms with Gasteiger partial charge in [0.05, 0.1) is 16.8 Å². The Bertz CT molecular complexity index is 986. The van der Waals surface area contributed by atoms with E-state index in [-0.39, 0.29) is 28.9 Å². The van der Waals surface area contributed by atoms with Crippen molar-refractivity contribution in [3.8, 4) is 22.8 Å². The summed E-state index contributed by atoms with van der Waals surface area (Å²) in [6.07, 6.45) is 1.48. The maximum Gasteiger partial charge on any atom is 0.338 e. The van der Waals surface area contributed by atoms with Gasteiger partial charge in [-0.3, -0.25) is 0 Å². The largest absolute Gasteiger partial charge is 0.486 e. The monoisotopic (exact) mass is 389 g/mol. The lowest BCUT2D eigenvalue weighted by Gasteiger charge is -2.19.